The first-order valence-electron chi connectivity index (χ1n) is 4.97. The van der Waals surface area contributed by atoms with E-state index in [1.165, 1.54) is 12.1 Å². The molecule has 94 valence electrons. The van der Waals surface area contributed by atoms with Crippen LogP contribution in [-0.4, -0.2) is 32.8 Å². The number of carbonyl (C=O) groups excluding carboxylic acids is 1. The number of rotatable bonds is 6. The Bertz CT molecular complexity index is 387. The van der Waals surface area contributed by atoms with Gasteiger partial charge in [0.25, 0.3) is 5.91 Å². The van der Waals surface area contributed by atoms with Gasteiger partial charge in [0, 0.05) is 13.7 Å². The number of benzene rings is 1. The number of nitrogens with one attached hydrogen (secondary N) is 1. The summed E-state index contributed by atoms with van der Waals surface area (Å²) in [7, 11) is 1.54. The van der Waals surface area contributed by atoms with Gasteiger partial charge in [-0.25, -0.2) is 4.39 Å². The van der Waals surface area contributed by atoms with E-state index in [9.17, 15) is 9.18 Å². The Morgan fingerprint density at radius 1 is 1.53 bits per heavy atom. The van der Waals surface area contributed by atoms with E-state index in [1.54, 1.807) is 7.11 Å². The summed E-state index contributed by atoms with van der Waals surface area (Å²) in [6.07, 6.45) is 0. The van der Waals surface area contributed by atoms with Crippen LogP contribution in [0, 0.1) is 5.82 Å². The van der Waals surface area contributed by atoms with Gasteiger partial charge in [-0.1, -0.05) is 11.6 Å². The summed E-state index contributed by atoms with van der Waals surface area (Å²) in [5.41, 5.74) is 0. The van der Waals surface area contributed by atoms with Crippen LogP contribution in [0.4, 0.5) is 4.39 Å². The Morgan fingerprint density at radius 2 is 2.29 bits per heavy atom. The fraction of sp³-hybridized carbons (Fsp3) is 0.364. The fourth-order valence-corrected chi connectivity index (χ4v) is 1.30. The maximum Gasteiger partial charge on any atom is 0.258 e. The molecular formula is C11H13ClFNO3. The highest BCUT2D eigenvalue weighted by molar-refractivity contribution is 6.32. The highest BCUT2D eigenvalue weighted by atomic mass is 35.5. The molecule has 1 N–H and O–H groups in total. The number of hydrogen-bond donors (Lipinski definition) is 1. The summed E-state index contributed by atoms with van der Waals surface area (Å²) in [6.45, 7) is 0.675. The molecule has 0 aliphatic rings. The second kappa shape index (κ2) is 7.09. The molecule has 0 bridgehead atoms. The van der Waals surface area contributed by atoms with E-state index in [1.807, 2.05) is 0 Å². The fourth-order valence-electron chi connectivity index (χ4n) is 1.08. The van der Waals surface area contributed by atoms with Crippen LogP contribution >= 0.6 is 11.6 Å². The summed E-state index contributed by atoms with van der Waals surface area (Å²) in [5.74, 6) is -0.468. The van der Waals surface area contributed by atoms with Crippen LogP contribution in [0.15, 0.2) is 18.2 Å². The van der Waals surface area contributed by atoms with Gasteiger partial charge in [-0.3, -0.25) is 4.79 Å². The van der Waals surface area contributed by atoms with Crippen molar-refractivity contribution in [2.24, 2.45) is 0 Å². The van der Waals surface area contributed by atoms with Crippen molar-refractivity contribution in [3.63, 3.8) is 0 Å². The van der Waals surface area contributed by atoms with Crippen molar-refractivity contribution in [3.05, 3.63) is 29.0 Å². The molecule has 0 unspecified atom stereocenters. The van der Waals surface area contributed by atoms with Crippen LogP contribution in [0.2, 0.25) is 5.02 Å². The molecule has 1 amide bonds. The maximum atomic E-state index is 12.7. The predicted molar refractivity (Wildman–Crippen MR) is 61.8 cm³/mol. The zero-order valence-corrected chi connectivity index (χ0v) is 10.1. The quantitative estimate of drug-likeness (QED) is 0.792. The summed E-state index contributed by atoms with van der Waals surface area (Å²) in [4.78, 5) is 11.3. The molecule has 4 nitrogen and oxygen atoms in total. The van der Waals surface area contributed by atoms with E-state index in [2.05, 4.69) is 5.32 Å². The summed E-state index contributed by atoms with van der Waals surface area (Å²) in [6, 6.07) is 3.71. The monoisotopic (exact) mass is 261 g/mol. The Morgan fingerprint density at radius 3 is 2.94 bits per heavy atom. The van der Waals surface area contributed by atoms with Crippen LogP contribution < -0.4 is 10.1 Å². The summed E-state index contributed by atoms with van der Waals surface area (Å²) < 4.78 is 22.6. The molecule has 6 heteroatoms. The molecule has 0 radical (unpaired) electrons. The first-order valence-corrected chi connectivity index (χ1v) is 5.34. The first-order chi connectivity index (χ1) is 8.13. The topological polar surface area (TPSA) is 47.6 Å². The van der Waals surface area contributed by atoms with Gasteiger partial charge in [-0.2, -0.15) is 0 Å². The van der Waals surface area contributed by atoms with Crippen LogP contribution in [-0.2, 0) is 9.53 Å². The van der Waals surface area contributed by atoms with Gasteiger partial charge in [-0.05, 0) is 18.2 Å². The van der Waals surface area contributed by atoms with Gasteiger partial charge in [-0.15, -0.1) is 0 Å². The largest absolute Gasteiger partial charge is 0.482 e. The minimum absolute atomic E-state index is 0.134. The standard InChI is InChI=1S/C11H13ClFNO3/c1-16-5-4-14-11(15)7-17-10-3-2-8(13)6-9(10)12/h2-3,6H,4-5,7H2,1H3,(H,14,15). The van der Waals surface area contributed by atoms with Crippen LogP contribution in [0.3, 0.4) is 0 Å². The minimum atomic E-state index is -0.452. The van der Waals surface area contributed by atoms with Gasteiger partial charge in [0.05, 0.1) is 11.6 Å². The molecule has 0 atom stereocenters. The van der Waals surface area contributed by atoms with Gasteiger partial charge in [0.15, 0.2) is 6.61 Å². The van der Waals surface area contributed by atoms with E-state index in [0.29, 0.717) is 13.2 Å². The lowest BCUT2D eigenvalue weighted by Crippen LogP contribution is -2.31. The Balaban J connectivity index is 2.37. The molecule has 0 aromatic heterocycles. The van der Waals surface area contributed by atoms with Gasteiger partial charge in [0.1, 0.15) is 11.6 Å². The lowest BCUT2D eigenvalue weighted by atomic mass is 10.3. The SMILES string of the molecule is COCCNC(=O)COc1ccc(F)cc1Cl. The number of hydrogen-bond acceptors (Lipinski definition) is 3. The van der Waals surface area contributed by atoms with Crippen LogP contribution in [0.1, 0.15) is 0 Å². The van der Waals surface area contributed by atoms with Crippen molar-refractivity contribution in [3.8, 4) is 5.75 Å². The van der Waals surface area contributed by atoms with Crippen molar-refractivity contribution in [1.82, 2.24) is 5.32 Å². The molecule has 0 aliphatic carbocycles. The lowest BCUT2D eigenvalue weighted by molar-refractivity contribution is -0.123. The molecule has 0 spiro atoms. The molecule has 0 saturated carbocycles. The lowest BCUT2D eigenvalue weighted by Gasteiger charge is -2.08. The van der Waals surface area contributed by atoms with Crippen LogP contribution in [0.5, 0.6) is 5.75 Å². The molecule has 1 aromatic carbocycles. The van der Waals surface area contributed by atoms with Crippen molar-refractivity contribution in [1.29, 1.82) is 0 Å². The van der Waals surface area contributed by atoms with Gasteiger partial charge >= 0.3 is 0 Å². The van der Waals surface area contributed by atoms with Crippen molar-refractivity contribution >= 4 is 17.5 Å². The number of amides is 1. The first kappa shape index (κ1) is 13.7. The normalized spacial score (nSPS) is 10.1. The summed E-state index contributed by atoms with van der Waals surface area (Å²) >= 11 is 5.72. The van der Waals surface area contributed by atoms with Crippen LogP contribution in [0.25, 0.3) is 0 Å². The average molecular weight is 262 g/mol. The third-order valence-electron chi connectivity index (χ3n) is 1.88. The second-order valence-corrected chi connectivity index (χ2v) is 3.61. The van der Waals surface area contributed by atoms with Gasteiger partial charge < -0.3 is 14.8 Å². The third-order valence-corrected chi connectivity index (χ3v) is 2.18. The average Bonchev–Trinajstić information content (AvgIpc) is 2.28. The maximum absolute atomic E-state index is 12.7. The zero-order valence-electron chi connectivity index (χ0n) is 9.33. The van der Waals surface area contributed by atoms with E-state index in [4.69, 9.17) is 21.1 Å². The smallest absolute Gasteiger partial charge is 0.258 e. The molecule has 1 aromatic rings. The summed E-state index contributed by atoms with van der Waals surface area (Å²) in [5, 5.41) is 2.71. The van der Waals surface area contributed by atoms with Crippen molar-refractivity contribution < 1.29 is 18.7 Å². The molecule has 1 rings (SSSR count). The number of halogens is 2. The van der Waals surface area contributed by atoms with E-state index in [-0.39, 0.29) is 23.3 Å². The molecule has 17 heavy (non-hydrogen) atoms. The third kappa shape index (κ3) is 5.01. The number of methoxy groups -OCH3 is 1. The van der Waals surface area contributed by atoms with E-state index in [0.717, 1.165) is 6.07 Å². The molecule has 0 aliphatic heterocycles. The van der Waals surface area contributed by atoms with E-state index < -0.39 is 5.82 Å². The Hall–Kier alpha value is -1.33. The molecular weight excluding hydrogens is 249 g/mol. The predicted octanol–water partition coefficient (Wildman–Crippen LogP) is 1.62. The Labute approximate surface area is 104 Å². The number of ether oxygens (including phenoxy) is 2. The van der Waals surface area contributed by atoms with Crippen molar-refractivity contribution in [2.45, 2.75) is 0 Å². The highest BCUT2D eigenvalue weighted by Crippen LogP contribution is 2.24. The number of carbonyl (C=O) groups is 1. The van der Waals surface area contributed by atoms with Crippen molar-refractivity contribution in [2.75, 3.05) is 26.9 Å². The zero-order chi connectivity index (χ0) is 12.7. The minimum Gasteiger partial charge on any atom is -0.482 e. The van der Waals surface area contributed by atoms with E-state index >= 15 is 0 Å². The second-order valence-electron chi connectivity index (χ2n) is 3.21. The van der Waals surface area contributed by atoms with Gasteiger partial charge in [0.2, 0.25) is 0 Å². The Kier molecular flexibility index (Phi) is 5.72. The molecule has 0 saturated heterocycles. The molecule has 0 fully saturated rings. The molecule has 0 heterocycles. The highest BCUT2D eigenvalue weighted by Gasteiger charge is 2.06.